The fourth-order valence-electron chi connectivity index (χ4n) is 2.46. The van der Waals surface area contributed by atoms with Crippen molar-refractivity contribution in [3.63, 3.8) is 0 Å². The first kappa shape index (κ1) is 15.8. The predicted octanol–water partition coefficient (Wildman–Crippen LogP) is 1.92. The van der Waals surface area contributed by atoms with Gasteiger partial charge in [-0.1, -0.05) is 11.6 Å². The standard InChI is InChI=1S/C15H19ClN2O3/c1-2-17(8-9-19)15(21)12-10-11(5-6-13(12)16)18-7-3-4-14(18)20/h5-6,10,19H,2-4,7-9H2,1H3. The Balaban J connectivity index is 2.30. The van der Waals surface area contributed by atoms with Crippen molar-refractivity contribution in [1.82, 2.24) is 4.90 Å². The van der Waals surface area contributed by atoms with E-state index in [0.29, 0.717) is 35.8 Å². The number of nitrogens with zero attached hydrogens (tertiary/aromatic N) is 2. The monoisotopic (exact) mass is 310 g/mol. The molecule has 1 saturated heterocycles. The minimum absolute atomic E-state index is 0.0680. The van der Waals surface area contributed by atoms with Gasteiger partial charge < -0.3 is 14.9 Å². The van der Waals surface area contributed by atoms with Crippen LogP contribution in [0.3, 0.4) is 0 Å². The molecule has 1 aromatic carbocycles. The minimum Gasteiger partial charge on any atom is -0.395 e. The van der Waals surface area contributed by atoms with E-state index in [1.54, 1.807) is 23.1 Å². The van der Waals surface area contributed by atoms with Crippen LogP contribution in [0.15, 0.2) is 18.2 Å². The zero-order valence-corrected chi connectivity index (χ0v) is 12.8. The van der Waals surface area contributed by atoms with E-state index in [2.05, 4.69) is 0 Å². The van der Waals surface area contributed by atoms with Crippen LogP contribution in [-0.2, 0) is 4.79 Å². The molecule has 1 N–H and O–H groups in total. The SMILES string of the molecule is CCN(CCO)C(=O)c1cc(N2CCCC2=O)ccc1Cl. The Morgan fingerprint density at radius 2 is 2.24 bits per heavy atom. The maximum Gasteiger partial charge on any atom is 0.255 e. The van der Waals surface area contributed by atoms with Gasteiger partial charge in [0.1, 0.15) is 0 Å². The van der Waals surface area contributed by atoms with Crippen LogP contribution < -0.4 is 4.90 Å². The lowest BCUT2D eigenvalue weighted by Crippen LogP contribution is -2.33. The third-order valence-corrected chi connectivity index (χ3v) is 3.93. The topological polar surface area (TPSA) is 60.9 Å². The number of carbonyl (C=O) groups excluding carboxylic acids is 2. The van der Waals surface area contributed by atoms with Crippen LogP contribution in [0.4, 0.5) is 5.69 Å². The second-order valence-corrected chi connectivity index (χ2v) is 5.33. The summed E-state index contributed by atoms with van der Waals surface area (Å²) in [6.45, 7) is 3.17. The largest absolute Gasteiger partial charge is 0.395 e. The number of likely N-dealkylation sites (N-methyl/N-ethyl adjacent to an activating group) is 1. The average molecular weight is 311 g/mol. The smallest absolute Gasteiger partial charge is 0.255 e. The Morgan fingerprint density at radius 1 is 1.48 bits per heavy atom. The Bertz CT molecular complexity index is 548. The second kappa shape index (κ2) is 6.91. The van der Waals surface area contributed by atoms with Crippen molar-refractivity contribution >= 4 is 29.1 Å². The van der Waals surface area contributed by atoms with Gasteiger partial charge in [0.25, 0.3) is 5.91 Å². The zero-order valence-electron chi connectivity index (χ0n) is 12.0. The third kappa shape index (κ3) is 3.36. The van der Waals surface area contributed by atoms with Crippen molar-refractivity contribution in [2.75, 3.05) is 31.1 Å². The number of carbonyl (C=O) groups is 2. The summed E-state index contributed by atoms with van der Waals surface area (Å²) < 4.78 is 0. The van der Waals surface area contributed by atoms with Gasteiger partial charge in [0.05, 0.1) is 17.2 Å². The number of halogens is 1. The van der Waals surface area contributed by atoms with Crippen LogP contribution in [0.5, 0.6) is 0 Å². The van der Waals surface area contributed by atoms with Crippen molar-refractivity contribution in [1.29, 1.82) is 0 Å². The molecule has 0 spiro atoms. The number of aliphatic hydroxyl groups is 1. The molecule has 21 heavy (non-hydrogen) atoms. The molecule has 0 aromatic heterocycles. The summed E-state index contributed by atoms with van der Waals surface area (Å²) in [6.07, 6.45) is 1.37. The van der Waals surface area contributed by atoms with Crippen LogP contribution in [0.2, 0.25) is 5.02 Å². The Hall–Kier alpha value is -1.59. The molecule has 1 heterocycles. The van der Waals surface area contributed by atoms with Crippen molar-refractivity contribution in [3.05, 3.63) is 28.8 Å². The fraction of sp³-hybridized carbons (Fsp3) is 0.467. The number of amides is 2. The van der Waals surface area contributed by atoms with Crippen LogP contribution in [-0.4, -0.2) is 48.1 Å². The summed E-state index contributed by atoms with van der Waals surface area (Å²) in [4.78, 5) is 27.5. The van der Waals surface area contributed by atoms with Crippen molar-refractivity contribution < 1.29 is 14.7 Å². The number of aliphatic hydroxyl groups excluding tert-OH is 1. The van der Waals surface area contributed by atoms with Gasteiger partial charge in [0.15, 0.2) is 0 Å². The molecule has 0 bridgehead atoms. The van der Waals surface area contributed by atoms with Gasteiger partial charge in [-0.05, 0) is 31.5 Å². The Kier molecular flexibility index (Phi) is 5.20. The minimum atomic E-state index is -0.231. The molecule has 1 aliphatic rings. The normalized spacial score (nSPS) is 14.6. The molecule has 1 fully saturated rings. The van der Waals surface area contributed by atoms with Crippen LogP contribution >= 0.6 is 11.6 Å². The van der Waals surface area contributed by atoms with Crippen molar-refractivity contribution in [2.45, 2.75) is 19.8 Å². The lowest BCUT2D eigenvalue weighted by Gasteiger charge is -2.22. The molecule has 1 aromatic rings. The van der Waals surface area contributed by atoms with E-state index in [0.717, 1.165) is 6.42 Å². The number of rotatable bonds is 5. The van der Waals surface area contributed by atoms with E-state index < -0.39 is 0 Å². The summed E-state index contributed by atoms with van der Waals surface area (Å²) in [7, 11) is 0. The van der Waals surface area contributed by atoms with Gasteiger partial charge >= 0.3 is 0 Å². The lowest BCUT2D eigenvalue weighted by molar-refractivity contribution is -0.117. The first-order valence-electron chi connectivity index (χ1n) is 7.08. The number of anilines is 1. The fourth-order valence-corrected chi connectivity index (χ4v) is 2.66. The van der Waals surface area contributed by atoms with E-state index >= 15 is 0 Å². The molecule has 2 rings (SSSR count). The summed E-state index contributed by atoms with van der Waals surface area (Å²) in [5, 5.41) is 9.37. The van der Waals surface area contributed by atoms with E-state index in [4.69, 9.17) is 16.7 Å². The van der Waals surface area contributed by atoms with Crippen LogP contribution in [0.1, 0.15) is 30.1 Å². The summed E-state index contributed by atoms with van der Waals surface area (Å²) >= 11 is 6.12. The maximum atomic E-state index is 12.5. The van der Waals surface area contributed by atoms with Gasteiger partial charge in [0, 0.05) is 31.7 Å². The van der Waals surface area contributed by atoms with Gasteiger partial charge in [0.2, 0.25) is 5.91 Å². The van der Waals surface area contributed by atoms with E-state index in [1.807, 2.05) is 6.92 Å². The Morgan fingerprint density at radius 3 is 2.81 bits per heavy atom. The second-order valence-electron chi connectivity index (χ2n) is 4.92. The van der Waals surface area contributed by atoms with Gasteiger partial charge in [-0.3, -0.25) is 9.59 Å². The van der Waals surface area contributed by atoms with Crippen LogP contribution in [0, 0.1) is 0 Å². The molecule has 0 aliphatic carbocycles. The van der Waals surface area contributed by atoms with E-state index in [1.165, 1.54) is 4.90 Å². The molecule has 5 nitrogen and oxygen atoms in total. The van der Waals surface area contributed by atoms with Gasteiger partial charge in [-0.2, -0.15) is 0 Å². The maximum absolute atomic E-state index is 12.5. The zero-order chi connectivity index (χ0) is 15.4. The lowest BCUT2D eigenvalue weighted by atomic mass is 10.1. The quantitative estimate of drug-likeness (QED) is 0.904. The number of hydrogen-bond acceptors (Lipinski definition) is 3. The molecule has 2 amide bonds. The molecular formula is C15H19ClN2O3. The summed E-state index contributed by atoms with van der Waals surface area (Å²) in [6, 6.07) is 5.06. The summed E-state index contributed by atoms with van der Waals surface area (Å²) in [5.41, 5.74) is 1.06. The average Bonchev–Trinajstić information content (AvgIpc) is 2.91. The molecule has 0 atom stereocenters. The number of hydrogen-bond donors (Lipinski definition) is 1. The summed E-state index contributed by atoms with van der Waals surface area (Å²) in [5.74, 6) is -0.163. The van der Waals surface area contributed by atoms with Gasteiger partial charge in [-0.25, -0.2) is 0 Å². The Labute approximate surface area is 129 Å². The molecule has 0 unspecified atom stereocenters. The number of benzene rings is 1. The molecular weight excluding hydrogens is 292 g/mol. The highest BCUT2D eigenvalue weighted by molar-refractivity contribution is 6.34. The van der Waals surface area contributed by atoms with E-state index in [9.17, 15) is 9.59 Å². The first-order valence-corrected chi connectivity index (χ1v) is 7.46. The van der Waals surface area contributed by atoms with Crippen molar-refractivity contribution in [3.8, 4) is 0 Å². The highest BCUT2D eigenvalue weighted by Gasteiger charge is 2.24. The highest BCUT2D eigenvalue weighted by atomic mass is 35.5. The van der Waals surface area contributed by atoms with Gasteiger partial charge in [-0.15, -0.1) is 0 Å². The third-order valence-electron chi connectivity index (χ3n) is 3.60. The molecule has 0 radical (unpaired) electrons. The van der Waals surface area contributed by atoms with Crippen LogP contribution in [0.25, 0.3) is 0 Å². The van der Waals surface area contributed by atoms with Crippen molar-refractivity contribution in [2.24, 2.45) is 0 Å². The first-order chi connectivity index (χ1) is 10.1. The highest BCUT2D eigenvalue weighted by Crippen LogP contribution is 2.27. The molecule has 114 valence electrons. The molecule has 6 heteroatoms. The molecule has 0 saturated carbocycles. The van der Waals surface area contributed by atoms with E-state index in [-0.39, 0.29) is 25.0 Å². The molecule has 1 aliphatic heterocycles. The predicted molar refractivity (Wildman–Crippen MR) is 81.7 cm³/mol.